The number of hydrogen-bond donors (Lipinski definition) is 1. The Labute approximate surface area is 176 Å². The average Bonchev–Trinajstić information content (AvgIpc) is 3.13. The van der Waals surface area contributed by atoms with Crippen LogP contribution in [0.1, 0.15) is 28.2 Å². The molecule has 0 aliphatic heterocycles. The van der Waals surface area contributed by atoms with Gasteiger partial charge in [-0.3, -0.25) is 4.79 Å². The van der Waals surface area contributed by atoms with Gasteiger partial charge in [-0.25, -0.2) is 4.98 Å². The van der Waals surface area contributed by atoms with Crippen LogP contribution < -0.4 is 10.1 Å². The van der Waals surface area contributed by atoms with Gasteiger partial charge in [-0.15, -0.1) is 0 Å². The number of carbonyl (C=O) groups is 1. The first-order valence-electron chi connectivity index (χ1n) is 10.2. The number of imidazole rings is 1. The highest BCUT2D eigenvalue weighted by molar-refractivity contribution is 5.94. The predicted molar refractivity (Wildman–Crippen MR) is 119 cm³/mol. The Kier molecular flexibility index (Phi) is 6.09. The van der Waals surface area contributed by atoms with E-state index in [1.165, 1.54) is 0 Å². The third-order valence-corrected chi connectivity index (χ3v) is 4.96. The van der Waals surface area contributed by atoms with Crippen LogP contribution in [0.25, 0.3) is 11.0 Å². The van der Waals surface area contributed by atoms with Crippen molar-refractivity contribution < 1.29 is 9.53 Å². The number of amides is 1. The van der Waals surface area contributed by atoms with Crippen molar-refractivity contribution in [3.05, 3.63) is 95.8 Å². The standard InChI is InChI=1S/C25H25N3O2/c1-19-9-7-10-20(17-19)25(29)26-18-24-27-22-13-5-6-14-23(22)28(24)15-8-16-30-21-11-3-2-4-12-21/h2-7,9-14,17H,8,15-16,18H2,1H3,(H,26,29). The number of aromatic nitrogens is 2. The van der Waals surface area contributed by atoms with Crippen molar-refractivity contribution in [1.29, 1.82) is 0 Å². The number of nitrogens with one attached hydrogen (secondary N) is 1. The maximum atomic E-state index is 12.5. The third-order valence-electron chi connectivity index (χ3n) is 4.96. The normalized spacial score (nSPS) is 10.8. The average molecular weight is 399 g/mol. The monoisotopic (exact) mass is 399 g/mol. The second-order valence-corrected chi connectivity index (χ2v) is 7.24. The molecule has 5 heteroatoms. The molecule has 0 saturated carbocycles. The molecule has 152 valence electrons. The van der Waals surface area contributed by atoms with Gasteiger partial charge in [0.15, 0.2) is 0 Å². The highest BCUT2D eigenvalue weighted by atomic mass is 16.5. The van der Waals surface area contributed by atoms with Gasteiger partial charge in [-0.1, -0.05) is 48.0 Å². The van der Waals surface area contributed by atoms with Gasteiger partial charge in [0.25, 0.3) is 5.91 Å². The second-order valence-electron chi connectivity index (χ2n) is 7.24. The maximum absolute atomic E-state index is 12.5. The van der Waals surface area contributed by atoms with Crippen LogP contribution in [-0.4, -0.2) is 22.1 Å². The molecule has 3 aromatic carbocycles. The minimum absolute atomic E-state index is 0.0929. The van der Waals surface area contributed by atoms with Gasteiger partial charge in [0, 0.05) is 12.1 Å². The summed E-state index contributed by atoms with van der Waals surface area (Å²) in [4.78, 5) is 17.3. The van der Waals surface area contributed by atoms with Crippen LogP contribution in [0.4, 0.5) is 0 Å². The van der Waals surface area contributed by atoms with Crippen molar-refractivity contribution in [2.75, 3.05) is 6.61 Å². The Morgan fingerprint density at radius 3 is 2.63 bits per heavy atom. The van der Waals surface area contributed by atoms with Crippen molar-refractivity contribution in [3.63, 3.8) is 0 Å². The van der Waals surface area contributed by atoms with Crippen LogP contribution in [0, 0.1) is 6.92 Å². The largest absolute Gasteiger partial charge is 0.494 e. The number of rotatable bonds is 8. The Bertz CT molecular complexity index is 1140. The van der Waals surface area contributed by atoms with E-state index in [-0.39, 0.29) is 5.91 Å². The van der Waals surface area contributed by atoms with Gasteiger partial charge in [-0.2, -0.15) is 0 Å². The molecule has 1 N–H and O–H groups in total. The predicted octanol–water partition coefficient (Wildman–Crippen LogP) is 4.74. The van der Waals surface area contributed by atoms with Crippen LogP contribution >= 0.6 is 0 Å². The highest BCUT2D eigenvalue weighted by Gasteiger charge is 2.12. The topological polar surface area (TPSA) is 56.2 Å². The van der Waals surface area contributed by atoms with Gasteiger partial charge in [0.1, 0.15) is 11.6 Å². The van der Waals surface area contributed by atoms with Crippen molar-refractivity contribution >= 4 is 16.9 Å². The summed E-state index contributed by atoms with van der Waals surface area (Å²) < 4.78 is 7.99. The zero-order valence-electron chi connectivity index (χ0n) is 17.0. The molecule has 0 aliphatic carbocycles. The molecule has 30 heavy (non-hydrogen) atoms. The Hall–Kier alpha value is -3.60. The molecule has 1 amide bonds. The summed E-state index contributed by atoms with van der Waals surface area (Å²) in [5.74, 6) is 1.63. The van der Waals surface area contributed by atoms with E-state index in [9.17, 15) is 4.79 Å². The van der Waals surface area contributed by atoms with Gasteiger partial charge < -0.3 is 14.6 Å². The van der Waals surface area contributed by atoms with Crippen molar-refractivity contribution in [3.8, 4) is 5.75 Å². The van der Waals surface area contributed by atoms with Gasteiger partial charge in [0.2, 0.25) is 0 Å². The number of fused-ring (bicyclic) bond motifs is 1. The van der Waals surface area contributed by atoms with E-state index < -0.39 is 0 Å². The molecule has 0 bridgehead atoms. The molecule has 0 saturated heterocycles. The first kappa shape index (κ1) is 19.7. The lowest BCUT2D eigenvalue weighted by Crippen LogP contribution is -2.25. The number of nitrogens with zero attached hydrogens (tertiary/aromatic N) is 2. The minimum Gasteiger partial charge on any atom is -0.494 e. The van der Waals surface area contributed by atoms with Crippen LogP contribution in [-0.2, 0) is 13.1 Å². The summed E-state index contributed by atoms with van der Waals surface area (Å²) in [7, 11) is 0. The van der Waals surface area contributed by atoms with E-state index in [0.29, 0.717) is 18.7 Å². The molecule has 0 radical (unpaired) electrons. The lowest BCUT2D eigenvalue weighted by molar-refractivity contribution is 0.0949. The zero-order chi connectivity index (χ0) is 20.8. The van der Waals surface area contributed by atoms with E-state index in [1.807, 2.05) is 79.7 Å². The summed E-state index contributed by atoms with van der Waals surface area (Å²) in [6.45, 7) is 3.74. The number of carbonyl (C=O) groups excluding carboxylic acids is 1. The van der Waals surface area contributed by atoms with Gasteiger partial charge in [0.05, 0.1) is 24.2 Å². The molecule has 0 atom stereocenters. The number of benzene rings is 3. The zero-order valence-corrected chi connectivity index (χ0v) is 17.0. The van der Waals surface area contributed by atoms with E-state index in [0.717, 1.165) is 41.1 Å². The van der Waals surface area contributed by atoms with Crippen molar-refractivity contribution in [2.24, 2.45) is 0 Å². The van der Waals surface area contributed by atoms with E-state index in [1.54, 1.807) is 0 Å². The Morgan fingerprint density at radius 1 is 1.00 bits per heavy atom. The molecule has 0 fully saturated rings. The highest BCUT2D eigenvalue weighted by Crippen LogP contribution is 2.17. The summed E-state index contributed by atoms with van der Waals surface area (Å²) in [6, 6.07) is 25.5. The van der Waals surface area contributed by atoms with E-state index in [4.69, 9.17) is 9.72 Å². The van der Waals surface area contributed by atoms with E-state index in [2.05, 4.69) is 16.0 Å². The van der Waals surface area contributed by atoms with Crippen LogP contribution in [0.2, 0.25) is 0 Å². The summed E-state index contributed by atoms with van der Waals surface area (Å²) in [5.41, 5.74) is 3.72. The van der Waals surface area contributed by atoms with Gasteiger partial charge >= 0.3 is 0 Å². The molecule has 4 rings (SSSR count). The molecule has 5 nitrogen and oxygen atoms in total. The fourth-order valence-electron chi connectivity index (χ4n) is 3.49. The molecular formula is C25H25N3O2. The fourth-order valence-corrected chi connectivity index (χ4v) is 3.49. The SMILES string of the molecule is Cc1cccc(C(=O)NCc2nc3ccccc3n2CCCOc2ccccc2)c1. The molecule has 1 heterocycles. The van der Waals surface area contributed by atoms with Crippen molar-refractivity contribution in [2.45, 2.75) is 26.4 Å². The number of aryl methyl sites for hydroxylation is 2. The molecule has 0 unspecified atom stereocenters. The van der Waals surface area contributed by atoms with Crippen molar-refractivity contribution in [1.82, 2.24) is 14.9 Å². The van der Waals surface area contributed by atoms with Crippen LogP contribution in [0.5, 0.6) is 5.75 Å². The molecule has 0 spiro atoms. The number of para-hydroxylation sites is 3. The summed E-state index contributed by atoms with van der Waals surface area (Å²) >= 11 is 0. The molecular weight excluding hydrogens is 374 g/mol. The maximum Gasteiger partial charge on any atom is 0.251 e. The molecule has 1 aromatic heterocycles. The Morgan fingerprint density at radius 2 is 1.80 bits per heavy atom. The molecule has 4 aromatic rings. The lowest BCUT2D eigenvalue weighted by Gasteiger charge is -2.11. The van der Waals surface area contributed by atoms with Gasteiger partial charge in [-0.05, 0) is 49.7 Å². The second kappa shape index (κ2) is 9.27. The summed E-state index contributed by atoms with van der Waals surface area (Å²) in [6.07, 6.45) is 0.841. The van der Waals surface area contributed by atoms with Crippen LogP contribution in [0.3, 0.4) is 0 Å². The minimum atomic E-state index is -0.0929. The number of hydrogen-bond acceptors (Lipinski definition) is 3. The fraction of sp³-hybridized carbons (Fsp3) is 0.200. The lowest BCUT2D eigenvalue weighted by atomic mass is 10.1. The van der Waals surface area contributed by atoms with Crippen LogP contribution in [0.15, 0.2) is 78.9 Å². The smallest absolute Gasteiger partial charge is 0.251 e. The summed E-state index contributed by atoms with van der Waals surface area (Å²) in [5, 5.41) is 3.01. The first-order chi connectivity index (χ1) is 14.7. The molecule has 0 aliphatic rings. The quantitative estimate of drug-likeness (QED) is 0.435. The number of ether oxygens (including phenoxy) is 1. The third kappa shape index (κ3) is 4.69. The first-order valence-corrected chi connectivity index (χ1v) is 10.2. The van der Waals surface area contributed by atoms with E-state index >= 15 is 0 Å². The Balaban J connectivity index is 1.44.